The molecule has 0 spiro atoms. The molecule has 1 amide bonds. The molecule has 7 nitrogen and oxygen atoms in total. The summed E-state index contributed by atoms with van der Waals surface area (Å²) in [5.41, 5.74) is 2.70. The molecular weight excluding hydrogens is 378 g/mol. The van der Waals surface area contributed by atoms with E-state index in [1.165, 1.54) is 9.87 Å². The summed E-state index contributed by atoms with van der Waals surface area (Å²) in [6.45, 7) is 3.03. The summed E-state index contributed by atoms with van der Waals surface area (Å²) in [4.78, 5) is 14.6. The molecule has 0 unspecified atom stereocenters. The third kappa shape index (κ3) is 4.56. The molecule has 0 aliphatic carbocycles. The Morgan fingerprint density at radius 1 is 1.21 bits per heavy atom. The number of ether oxygens (including phenoxy) is 1. The fraction of sp³-hybridized carbons (Fsp3) is 0.350. The second kappa shape index (κ2) is 8.10. The monoisotopic (exact) mass is 403 g/mol. The summed E-state index contributed by atoms with van der Waals surface area (Å²) in [6, 6.07) is 15.0. The van der Waals surface area contributed by atoms with Crippen LogP contribution < -0.4 is 19.3 Å². The van der Waals surface area contributed by atoms with E-state index in [4.69, 9.17) is 4.74 Å². The smallest absolute Gasteiger partial charge is 0.263 e. The van der Waals surface area contributed by atoms with E-state index < -0.39 is 16.1 Å². The van der Waals surface area contributed by atoms with Gasteiger partial charge in [-0.05, 0) is 31.2 Å². The molecule has 2 aromatic rings. The van der Waals surface area contributed by atoms with Crippen LogP contribution in [-0.2, 0) is 14.8 Å². The SMILES string of the molecule is Cc1ccc(N(C)CCNC(=O)[C@H]2CN(S(C)(=O)=O)c3ccccc3O2)cc1. The Morgan fingerprint density at radius 2 is 1.89 bits per heavy atom. The van der Waals surface area contributed by atoms with Gasteiger partial charge in [-0.25, -0.2) is 8.42 Å². The van der Waals surface area contributed by atoms with Crippen molar-refractivity contribution < 1.29 is 17.9 Å². The van der Waals surface area contributed by atoms with Crippen LogP contribution in [0, 0.1) is 6.92 Å². The van der Waals surface area contributed by atoms with Crippen molar-refractivity contribution in [3.63, 3.8) is 0 Å². The predicted octanol–water partition coefficient (Wildman–Crippen LogP) is 1.77. The number of para-hydroxylation sites is 2. The van der Waals surface area contributed by atoms with Crippen molar-refractivity contribution >= 4 is 27.3 Å². The number of amides is 1. The topological polar surface area (TPSA) is 79.0 Å². The molecular formula is C20H25N3O4S. The number of carbonyl (C=O) groups is 1. The van der Waals surface area contributed by atoms with Crippen LogP contribution in [0.1, 0.15) is 5.56 Å². The highest BCUT2D eigenvalue weighted by atomic mass is 32.2. The second-order valence-electron chi connectivity index (χ2n) is 6.92. The molecule has 1 atom stereocenters. The van der Waals surface area contributed by atoms with Crippen LogP contribution in [-0.4, -0.2) is 53.4 Å². The zero-order valence-electron chi connectivity index (χ0n) is 16.3. The highest BCUT2D eigenvalue weighted by Gasteiger charge is 2.34. The lowest BCUT2D eigenvalue weighted by molar-refractivity contribution is -0.127. The molecule has 0 saturated heterocycles. The molecule has 1 N–H and O–H groups in total. The number of likely N-dealkylation sites (N-methyl/N-ethyl adjacent to an activating group) is 1. The zero-order valence-corrected chi connectivity index (χ0v) is 17.1. The first-order valence-corrected chi connectivity index (χ1v) is 10.9. The molecule has 0 aromatic heterocycles. The molecule has 0 bridgehead atoms. The summed E-state index contributed by atoms with van der Waals surface area (Å²) < 4.78 is 31.2. The van der Waals surface area contributed by atoms with Gasteiger partial charge in [-0.1, -0.05) is 29.8 Å². The molecule has 28 heavy (non-hydrogen) atoms. The molecule has 150 valence electrons. The van der Waals surface area contributed by atoms with Gasteiger partial charge in [0.2, 0.25) is 10.0 Å². The Morgan fingerprint density at radius 3 is 2.57 bits per heavy atom. The third-order valence-electron chi connectivity index (χ3n) is 4.65. The fourth-order valence-electron chi connectivity index (χ4n) is 3.04. The van der Waals surface area contributed by atoms with Crippen LogP contribution in [0.4, 0.5) is 11.4 Å². The zero-order chi connectivity index (χ0) is 20.3. The average Bonchev–Trinajstić information content (AvgIpc) is 2.66. The van der Waals surface area contributed by atoms with E-state index in [9.17, 15) is 13.2 Å². The molecule has 0 saturated carbocycles. The number of anilines is 2. The maximum atomic E-state index is 12.6. The van der Waals surface area contributed by atoms with Crippen LogP contribution in [0.25, 0.3) is 0 Å². The molecule has 3 rings (SSSR count). The Hall–Kier alpha value is -2.74. The lowest BCUT2D eigenvalue weighted by Crippen LogP contribution is -2.51. The van der Waals surface area contributed by atoms with Gasteiger partial charge < -0.3 is 15.0 Å². The highest BCUT2D eigenvalue weighted by molar-refractivity contribution is 7.92. The minimum absolute atomic E-state index is 0.0461. The summed E-state index contributed by atoms with van der Waals surface area (Å²) >= 11 is 0. The van der Waals surface area contributed by atoms with Gasteiger partial charge in [-0.2, -0.15) is 0 Å². The number of benzene rings is 2. The molecule has 0 radical (unpaired) electrons. The van der Waals surface area contributed by atoms with Gasteiger partial charge >= 0.3 is 0 Å². The minimum Gasteiger partial charge on any atom is -0.476 e. The van der Waals surface area contributed by atoms with E-state index >= 15 is 0 Å². The van der Waals surface area contributed by atoms with Crippen LogP contribution >= 0.6 is 0 Å². The van der Waals surface area contributed by atoms with Crippen molar-refractivity contribution in [1.29, 1.82) is 0 Å². The van der Waals surface area contributed by atoms with Crippen LogP contribution in [0.2, 0.25) is 0 Å². The fourth-order valence-corrected chi connectivity index (χ4v) is 3.96. The number of fused-ring (bicyclic) bond motifs is 1. The van der Waals surface area contributed by atoms with E-state index in [1.807, 2.05) is 43.1 Å². The number of sulfonamides is 1. The molecule has 8 heteroatoms. The normalized spacial score (nSPS) is 16.1. The number of aryl methyl sites for hydroxylation is 1. The average molecular weight is 404 g/mol. The number of carbonyl (C=O) groups excluding carboxylic acids is 1. The Balaban J connectivity index is 1.61. The van der Waals surface area contributed by atoms with Gasteiger partial charge in [0, 0.05) is 25.8 Å². The quantitative estimate of drug-likeness (QED) is 0.795. The molecule has 1 heterocycles. The van der Waals surface area contributed by atoms with Crippen molar-refractivity contribution in [3.05, 3.63) is 54.1 Å². The van der Waals surface area contributed by atoms with Crippen LogP contribution in [0.5, 0.6) is 5.75 Å². The molecule has 1 aliphatic rings. The first-order valence-electron chi connectivity index (χ1n) is 9.04. The van der Waals surface area contributed by atoms with E-state index in [1.54, 1.807) is 24.3 Å². The third-order valence-corrected chi connectivity index (χ3v) is 5.80. The van der Waals surface area contributed by atoms with Gasteiger partial charge in [0.1, 0.15) is 5.75 Å². The van der Waals surface area contributed by atoms with Crippen molar-refractivity contribution in [2.45, 2.75) is 13.0 Å². The summed E-state index contributed by atoms with van der Waals surface area (Å²) in [5, 5.41) is 2.84. The molecule has 1 aliphatic heterocycles. The number of nitrogens with one attached hydrogen (secondary N) is 1. The van der Waals surface area contributed by atoms with E-state index in [-0.39, 0.29) is 12.5 Å². The Bertz CT molecular complexity index is 944. The van der Waals surface area contributed by atoms with Crippen molar-refractivity contribution in [3.8, 4) is 5.75 Å². The second-order valence-corrected chi connectivity index (χ2v) is 8.82. The molecule has 2 aromatic carbocycles. The molecule has 0 fully saturated rings. The van der Waals surface area contributed by atoms with E-state index in [0.29, 0.717) is 24.5 Å². The summed E-state index contributed by atoms with van der Waals surface area (Å²) in [5.74, 6) is 0.0524. The minimum atomic E-state index is -3.51. The summed E-state index contributed by atoms with van der Waals surface area (Å²) in [6.07, 6.45) is 0.231. The standard InChI is InChI=1S/C20H25N3O4S/c1-15-8-10-16(11-9-15)22(2)13-12-21-20(24)19-14-23(28(3,25)26)17-6-4-5-7-18(17)27-19/h4-11,19H,12-14H2,1-3H3,(H,21,24)/t19-/m1/s1. The number of rotatable bonds is 6. The van der Waals surface area contributed by atoms with Crippen molar-refractivity contribution in [2.75, 3.05) is 42.1 Å². The van der Waals surface area contributed by atoms with Crippen molar-refractivity contribution in [2.24, 2.45) is 0 Å². The Labute approximate surface area is 166 Å². The van der Waals surface area contributed by atoms with Crippen LogP contribution in [0.3, 0.4) is 0 Å². The van der Waals surface area contributed by atoms with Crippen molar-refractivity contribution in [1.82, 2.24) is 5.32 Å². The maximum Gasteiger partial charge on any atom is 0.263 e. The first kappa shape index (κ1) is 20.0. The van der Waals surface area contributed by atoms with Gasteiger partial charge in [-0.15, -0.1) is 0 Å². The van der Waals surface area contributed by atoms with Gasteiger partial charge in [-0.3, -0.25) is 9.10 Å². The predicted molar refractivity (Wildman–Crippen MR) is 111 cm³/mol. The summed E-state index contributed by atoms with van der Waals surface area (Å²) in [7, 11) is -1.56. The van der Waals surface area contributed by atoms with Gasteiger partial charge in [0.25, 0.3) is 5.91 Å². The number of hydrogen-bond acceptors (Lipinski definition) is 5. The van der Waals surface area contributed by atoms with Crippen LogP contribution in [0.15, 0.2) is 48.5 Å². The maximum absolute atomic E-state index is 12.6. The number of nitrogens with zero attached hydrogens (tertiary/aromatic N) is 2. The largest absolute Gasteiger partial charge is 0.476 e. The Kier molecular flexibility index (Phi) is 5.79. The lowest BCUT2D eigenvalue weighted by atomic mass is 10.2. The first-order chi connectivity index (χ1) is 13.3. The van der Waals surface area contributed by atoms with E-state index in [2.05, 4.69) is 5.32 Å². The van der Waals surface area contributed by atoms with E-state index in [0.717, 1.165) is 11.9 Å². The van der Waals surface area contributed by atoms with Gasteiger partial charge in [0.05, 0.1) is 18.5 Å². The highest BCUT2D eigenvalue weighted by Crippen LogP contribution is 2.34. The lowest BCUT2D eigenvalue weighted by Gasteiger charge is -2.34. The number of hydrogen-bond donors (Lipinski definition) is 1. The van der Waals surface area contributed by atoms with Gasteiger partial charge in [0.15, 0.2) is 6.10 Å².